The Balaban J connectivity index is 2.71. The van der Waals surface area contributed by atoms with E-state index < -0.39 is 11.6 Å². The summed E-state index contributed by atoms with van der Waals surface area (Å²) in [4.78, 5) is 24.5. The molecule has 0 spiro atoms. The van der Waals surface area contributed by atoms with E-state index in [9.17, 15) is 18.4 Å². The Hall–Kier alpha value is -2.24. The van der Waals surface area contributed by atoms with E-state index in [1.165, 1.54) is 5.01 Å². The van der Waals surface area contributed by atoms with Gasteiger partial charge in [-0.1, -0.05) is 18.2 Å². The minimum atomic E-state index is -1.75. The van der Waals surface area contributed by atoms with Crippen LogP contribution in [0.4, 0.5) is 8.78 Å². The summed E-state index contributed by atoms with van der Waals surface area (Å²) in [6.45, 7) is 5.37. The number of hydrogen-bond acceptors (Lipinski definition) is 2. The van der Waals surface area contributed by atoms with Crippen LogP contribution in [0.2, 0.25) is 0 Å². The first-order chi connectivity index (χ1) is 10.7. The molecule has 23 heavy (non-hydrogen) atoms. The Morgan fingerprint density at radius 1 is 1.17 bits per heavy atom. The van der Waals surface area contributed by atoms with E-state index in [4.69, 9.17) is 0 Å². The van der Waals surface area contributed by atoms with Crippen molar-refractivity contribution in [3.05, 3.63) is 48.1 Å². The first-order valence-electron chi connectivity index (χ1n) is 7.42. The molecule has 0 aliphatic heterocycles. The van der Waals surface area contributed by atoms with Crippen molar-refractivity contribution in [1.82, 2.24) is 10.4 Å². The van der Waals surface area contributed by atoms with Crippen LogP contribution in [-0.4, -0.2) is 22.4 Å². The van der Waals surface area contributed by atoms with Crippen LogP contribution in [0.1, 0.15) is 50.4 Å². The molecule has 0 saturated heterocycles. The lowest BCUT2D eigenvalue weighted by molar-refractivity contribution is -0.139. The van der Waals surface area contributed by atoms with Crippen molar-refractivity contribution < 1.29 is 18.4 Å². The van der Waals surface area contributed by atoms with Crippen molar-refractivity contribution in [2.75, 3.05) is 0 Å². The van der Waals surface area contributed by atoms with Gasteiger partial charge in [-0.25, -0.2) is 5.01 Å². The fraction of sp³-hybridized carbons (Fsp3) is 0.412. The van der Waals surface area contributed by atoms with Crippen LogP contribution >= 0.6 is 0 Å². The minimum absolute atomic E-state index is 0.0795. The summed E-state index contributed by atoms with van der Waals surface area (Å²) in [5.74, 6) is -0.696. The highest BCUT2D eigenvalue weighted by Gasteiger charge is 2.28. The molecule has 6 heteroatoms. The molecule has 1 rings (SSSR count). The van der Waals surface area contributed by atoms with Crippen LogP contribution < -0.4 is 5.43 Å². The number of halogens is 2. The van der Waals surface area contributed by atoms with Gasteiger partial charge < -0.3 is 0 Å². The van der Waals surface area contributed by atoms with E-state index in [1.807, 2.05) is 0 Å². The highest BCUT2D eigenvalue weighted by atomic mass is 19.3. The van der Waals surface area contributed by atoms with E-state index in [1.54, 1.807) is 51.1 Å². The van der Waals surface area contributed by atoms with Crippen LogP contribution in [0.5, 0.6) is 0 Å². The largest absolute Gasteiger partial charge is 0.273 e. The van der Waals surface area contributed by atoms with Crippen molar-refractivity contribution in [3.63, 3.8) is 0 Å². The average Bonchev–Trinajstić information content (AvgIpc) is 2.48. The SMILES string of the molecule is CC(C)(C)N(NC(=O)c1ccccc1)C(=O)CCCC=C(F)F. The number of benzene rings is 1. The second-order valence-corrected chi connectivity index (χ2v) is 6.09. The van der Waals surface area contributed by atoms with Crippen molar-refractivity contribution in [1.29, 1.82) is 0 Å². The zero-order chi connectivity index (χ0) is 17.5. The molecule has 1 aromatic carbocycles. The average molecular weight is 324 g/mol. The van der Waals surface area contributed by atoms with Crippen molar-refractivity contribution in [2.24, 2.45) is 0 Å². The second-order valence-electron chi connectivity index (χ2n) is 6.09. The van der Waals surface area contributed by atoms with Crippen molar-refractivity contribution >= 4 is 11.8 Å². The zero-order valence-corrected chi connectivity index (χ0v) is 13.6. The molecule has 4 nitrogen and oxygen atoms in total. The summed E-state index contributed by atoms with van der Waals surface area (Å²) >= 11 is 0. The van der Waals surface area contributed by atoms with Crippen LogP contribution in [-0.2, 0) is 4.79 Å². The lowest BCUT2D eigenvalue weighted by Crippen LogP contribution is -2.55. The van der Waals surface area contributed by atoms with E-state index in [0.717, 1.165) is 6.08 Å². The minimum Gasteiger partial charge on any atom is -0.273 e. The van der Waals surface area contributed by atoms with Gasteiger partial charge in [-0.05, 0) is 51.8 Å². The third-order valence-electron chi connectivity index (χ3n) is 3.06. The van der Waals surface area contributed by atoms with Crippen LogP contribution in [0.25, 0.3) is 0 Å². The fourth-order valence-corrected chi connectivity index (χ4v) is 1.94. The number of carbonyl (C=O) groups excluding carboxylic acids is 2. The maximum atomic E-state index is 12.3. The number of rotatable bonds is 5. The summed E-state index contributed by atoms with van der Waals surface area (Å²) in [6.07, 6.45) is -0.460. The molecule has 2 amide bonds. The quantitative estimate of drug-likeness (QED) is 0.659. The fourth-order valence-electron chi connectivity index (χ4n) is 1.94. The van der Waals surface area contributed by atoms with Gasteiger partial charge in [0.2, 0.25) is 5.91 Å². The summed E-state index contributed by atoms with van der Waals surface area (Å²) in [7, 11) is 0. The third kappa shape index (κ3) is 6.59. The number of unbranched alkanes of at least 4 members (excludes halogenated alkanes) is 1. The molecule has 0 aliphatic rings. The van der Waals surface area contributed by atoms with Crippen molar-refractivity contribution in [3.8, 4) is 0 Å². The van der Waals surface area contributed by atoms with E-state index in [0.29, 0.717) is 12.0 Å². The number of hydrogen-bond donors (Lipinski definition) is 1. The molecular formula is C17H22F2N2O2. The maximum Gasteiger partial charge on any atom is 0.269 e. The Morgan fingerprint density at radius 2 is 1.78 bits per heavy atom. The summed E-state index contributed by atoms with van der Waals surface area (Å²) < 4.78 is 24.0. The van der Waals surface area contributed by atoms with Crippen LogP contribution in [0.15, 0.2) is 42.5 Å². The molecule has 0 heterocycles. The Morgan fingerprint density at radius 3 is 2.30 bits per heavy atom. The predicted octanol–water partition coefficient (Wildman–Crippen LogP) is 3.91. The summed E-state index contributed by atoms with van der Waals surface area (Å²) in [6, 6.07) is 8.55. The lowest BCUT2D eigenvalue weighted by atomic mass is 10.1. The normalized spacial score (nSPS) is 10.8. The lowest BCUT2D eigenvalue weighted by Gasteiger charge is -2.35. The van der Waals surface area contributed by atoms with Gasteiger partial charge >= 0.3 is 0 Å². The van der Waals surface area contributed by atoms with Crippen molar-refractivity contribution in [2.45, 2.75) is 45.6 Å². The molecule has 1 N–H and O–H groups in total. The number of amides is 2. The first kappa shape index (κ1) is 18.8. The van der Waals surface area contributed by atoms with Crippen LogP contribution in [0.3, 0.4) is 0 Å². The smallest absolute Gasteiger partial charge is 0.269 e. The predicted molar refractivity (Wildman–Crippen MR) is 84.7 cm³/mol. The summed E-state index contributed by atoms with van der Waals surface area (Å²) in [5, 5.41) is 1.26. The number of nitrogens with one attached hydrogen (secondary N) is 1. The van der Waals surface area contributed by atoms with E-state index >= 15 is 0 Å². The highest BCUT2D eigenvalue weighted by molar-refractivity contribution is 5.95. The van der Waals surface area contributed by atoms with Gasteiger partial charge in [0.05, 0.1) is 5.54 Å². The number of allylic oxidation sites excluding steroid dienone is 1. The molecule has 1 aromatic rings. The Labute approximate surface area is 135 Å². The maximum absolute atomic E-state index is 12.3. The van der Waals surface area contributed by atoms with Crippen LogP contribution in [0, 0.1) is 0 Å². The van der Waals surface area contributed by atoms with Gasteiger partial charge in [0.15, 0.2) is 0 Å². The second kappa shape index (κ2) is 8.41. The topological polar surface area (TPSA) is 49.4 Å². The molecular weight excluding hydrogens is 302 g/mol. The van der Waals surface area contributed by atoms with Gasteiger partial charge in [-0.15, -0.1) is 0 Å². The molecule has 0 radical (unpaired) electrons. The Bertz CT molecular complexity index is 562. The molecule has 0 aromatic heterocycles. The van der Waals surface area contributed by atoms with Gasteiger partial charge in [0, 0.05) is 12.0 Å². The number of hydrazine groups is 1. The molecule has 0 bridgehead atoms. The van der Waals surface area contributed by atoms with Gasteiger partial charge in [0.25, 0.3) is 12.0 Å². The van der Waals surface area contributed by atoms with E-state index in [2.05, 4.69) is 5.43 Å². The number of nitrogens with zero attached hydrogens (tertiary/aromatic N) is 1. The summed E-state index contributed by atoms with van der Waals surface area (Å²) in [5.41, 5.74) is 2.42. The molecule has 0 atom stereocenters. The molecule has 0 fully saturated rings. The van der Waals surface area contributed by atoms with Gasteiger partial charge in [-0.2, -0.15) is 8.78 Å². The number of carbonyl (C=O) groups is 2. The highest BCUT2D eigenvalue weighted by Crippen LogP contribution is 2.15. The zero-order valence-electron chi connectivity index (χ0n) is 13.6. The first-order valence-corrected chi connectivity index (χ1v) is 7.42. The molecule has 0 unspecified atom stereocenters. The van der Waals surface area contributed by atoms with E-state index in [-0.39, 0.29) is 24.7 Å². The Kier molecular flexibility index (Phi) is 6.88. The van der Waals surface area contributed by atoms with Gasteiger partial charge in [-0.3, -0.25) is 15.0 Å². The standard InChI is InChI=1S/C17H22F2N2O2/c1-17(2,3)21(15(22)12-8-7-11-14(18)19)20-16(23)13-9-5-4-6-10-13/h4-6,9-11H,7-8,12H2,1-3H3,(H,20,23). The molecule has 126 valence electrons. The molecule has 0 saturated carbocycles. The van der Waals surface area contributed by atoms with Gasteiger partial charge in [0.1, 0.15) is 0 Å². The monoisotopic (exact) mass is 324 g/mol. The molecule has 0 aliphatic carbocycles. The third-order valence-corrected chi connectivity index (χ3v) is 3.06.